The zero-order valence-corrected chi connectivity index (χ0v) is 14.5. The van der Waals surface area contributed by atoms with Gasteiger partial charge in [0.15, 0.2) is 0 Å². The molecule has 0 saturated heterocycles. The van der Waals surface area contributed by atoms with Crippen LogP contribution in [0.5, 0.6) is 0 Å². The normalized spacial score (nSPS) is 13.5. The molecule has 1 N–H and O–H groups in total. The highest BCUT2D eigenvalue weighted by atomic mass is 32.1. The average Bonchev–Trinajstić information content (AvgIpc) is 3.00. The van der Waals surface area contributed by atoms with Crippen LogP contribution in [0.3, 0.4) is 0 Å². The van der Waals surface area contributed by atoms with E-state index >= 15 is 0 Å². The lowest BCUT2D eigenvalue weighted by Crippen LogP contribution is -2.25. The summed E-state index contributed by atoms with van der Waals surface area (Å²) in [6, 6.07) is 6.35. The van der Waals surface area contributed by atoms with E-state index in [0.29, 0.717) is 22.7 Å². The zero-order chi connectivity index (χ0) is 17.7. The Morgan fingerprint density at radius 2 is 2.04 bits per heavy atom. The largest absolute Gasteiger partial charge is 0.481 e. The first-order chi connectivity index (χ1) is 11.4. The molecule has 1 aromatic carbocycles. The van der Waals surface area contributed by atoms with Crippen LogP contribution < -0.4 is 0 Å². The first-order valence-corrected chi connectivity index (χ1v) is 8.74. The number of hydrogen-bond donors (Lipinski definition) is 1. The van der Waals surface area contributed by atoms with Crippen LogP contribution in [-0.2, 0) is 16.0 Å². The number of carbonyl (C=O) groups is 2. The second kappa shape index (κ2) is 8.15. The number of hydrogen-bond acceptors (Lipinski definition) is 4. The Morgan fingerprint density at radius 1 is 1.33 bits per heavy atom. The third-order valence-corrected chi connectivity index (χ3v) is 5.05. The number of Topliss-reactive ketones (excluding diaryl/α,β-unsaturated/α-hetero) is 1. The molecule has 2 rings (SSSR count). The first-order valence-electron chi connectivity index (χ1n) is 7.86. The molecule has 0 radical (unpaired) electrons. The molecule has 0 spiro atoms. The van der Waals surface area contributed by atoms with E-state index in [4.69, 9.17) is 0 Å². The Bertz CT molecular complexity index is 729. The fraction of sp³-hybridized carbons (Fsp3) is 0.389. The minimum Gasteiger partial charge on any atom is -0.481 e. The Balaban J connectivity index is 2.05. The van der Waals surface area contributed by atoms with Crippen molar-refractivity contribution >= 4 is 23.1 Å². The summed E-state index contributed by atoms with van der Waals surface area (Å²) in [5.41, 5.74) is 0.959. The van der Waals surface area contributed by atoms with Gasteiger partial charge in [0, 0.05) is 23.8 Å². The molecule has 0 unspecified atom stereocenters. The highest BCUT2D eigenvalue weighted by Crippen LogP contribution is 2.27. The van der Waals surface area contributed by atoms with Gasteiger partial charge in [0.25, 0.3) is 0 Å². The number of aliphatic carboxylic acids is 1. The van der Waals surface area contributed by atoms with Crippen molar-refractivity contribution in [2.24, 2.45) is 11.8 Å². The standard InChI is InChI=1S/C18H20FNO3S/c1-3-11(2)15(18(22)23)9-13(21)8-12-10-24-17(20-12)14-6-4-5-7-16(14)19/h4-7,10-11,15H,3,8-9H2,1-2H3,(H,22,23)/t11-,15-/m0/s1. The molecule has 0 bridgehead atoms. The molecule has 2 atom stereocenters. The summed E-state index contributed by atoms with van der Waals surface area (Å²) in [6.45, 7) is 3.75. The van der Waals surface area contributed by atoms with Crippen molar-refractivity contribution < 1.29 is 19.1 Å². The van der Waals surface area contributed by atoms with Gasteiger partial charge in [-0.1, -0.05) is 32.4 Å². The molecule has 128 valence electrons. The summed E-state index contributed by atoms with van der Waals surface area (Å²) in [5.74, 6) is -2.19. The predicted octanol–water partition coefficient (Wildman–Crippen LogP) is 4.20. The summed E-state index contributed by atoms with van der Waals surface area (Å²) in [4.78, 5) is 27.8. The predicted molar refractivity (Wildman–Crippen MR) is 91.4 cm³/mol. The number of halogens is 1. The van der Waals surface area contributed by atoms with E-state index in [0.717, 1.165) is 0 Å². The quantitative estimate of drug-likeness (QED) is 0.776. The fourth-order valence-electron chi connectivity index (χ4n) is 2.48. The fourth-order valence-corrected chi connectivity index (χ4v) is 3.33. The highest BCUT2D eigenvalue weighted by molar-refractivity contribution is 7.13. The molecule has 0 amide bonds. The van der Waals surface area contributed by atoms with E-state index in [1.54, 1.807) is 23.6 Å². The van der Waals surface area contributed by atoms with E-state index in [1.807, 2.05) is 13.8 Å². The summed E-state index contributed by atoms with van der Waals surface area (Å²) >= 11 is 1.28. The molecule has 24 heavy (non-hydrogen) atoms. The third kappa shape index (κ3) is 4.47. The summed E-state index contributed by atoms with van der Waals surface area (Å²) in [5, 5.41) is 11.5. The molecule has 6 heteroatoms. The van der Waals surface area contributed by atoms with E-state index in [2.05, 4.69) is 4.98 Å². The molecule has 2 aromatic rings. The van der Waals surface area contributed by atoms with Gasteiger partial charge < -0.3 is 5.11 Å². The first kappa shape index (κ1) is 18.3. The van der Waals surface area contributed by atoms with Gasteiger partial charge in [-0.2, -0.15) is 0 Å². The molecule has 1 aromatic heterocycles. The van der Waals surface area contributed by atoms with Gasteiger partial charge in [0.05, 0.1) is 11.6 Å². The average molecular weight is 349 g/mol. The third-order valence-electron chi connectivity index (χ3n) is 4.13. The molecule has 4 nitrogen and oxygen atoms in total. The molecular weight excluding hydrogens is 329 g/mol. The number of rotatable bonds is 8. The number of aromatic nitrogens is 1. The summed E-state index contributed by atoms with van der Waals surface area (Å²) in [7, 11) is 0. The van der Waals surface area contributed by atoms with Crippen LogP contribution in [0.15, 0.2) is 29.6 Å². The molecule has 0 saturated carbocycles. The number of ketones is 1. The van der Waals surface area contributed by atoms with Crippen LogP contribution in [0.2, 0.25) is 0 Å². The smallest absolute Gasteiger partial charge is 0.307 e. The molecule has 0 fully saturated rings. The lowest BCUT2D eigenvalue weighted by molar-refractivity contribution is -0.145. The molecule has 0 aliphatic heterocycles. The van der Waals surface area contributed by atoms with Crippen LogP contribution in [0.25, 0.3) is 10.6 Å². The van der Waals surface area contributed by atoms with Crippen molar-refractivity contribution in [3.8, 4) is 10.6 Å². The molecule has 1 heterocycles. The number of thiazole rings is 1. The monoisotopic (exact) mass is 349 g/mol. The second-order valence-electron chi connectivity index (χ2n) is 5.87. The maximum Gasteiger partial charge on any atom is 0.307 e. The summed E-state index contributed by atoms with van der Waals surface area (Å²) < 4.78 is 13.8. The van der Waals surface area contributed by atoms with Gasteiger partial charge in [-0.05, 0) is 18.1 Å². The van der Waals surface area contributed by atoms with E-state index < -0.39 is 11.9 Å². The van der Waals surface area contributed by atoms with Crippen LogP contribution >= 0.6 is 11.3 Å². The number of benzene rings is 1. The topological polar surface area (TPSA) is 67.3 Å². The van der Waals surface area contributed by atoms with Crippen LogP contribution in [-0.4, -0.2) is 21.8 Å². The molecular formula is C18H20FNO3S. The number of carbonyl (C=O) groups excluding carboxylic acids is 1. The van der Waals surface area contributed by atoms with Gasteiger partial charge in [-0.3, -0.25) is 9.59 Å². The van der Waals surface area contributed by atoms with Crippen molar-refractivity contribution in [3.63, 3.8) is 0 Å². The van der Waals surface area contributed by atoms with Crippen molar-refractivity contribution in [2.45, 2.75) is 33.1 Å². The Morgan fingerprint density at radius 3 is 2.67 bits per heavy atom. The minimum absolute atomic E-state index is 0.00308. The van der Waals surface area contributed by atoms with Crippen LogP contribution in [0.4, 0.5) is 4.39 Å². The lowest BCUT2D eigenvalue weighted by atomic mass is 9.87. The Labute approximate surface area is 144 Å². The van der Waals surface area contributed by atoms with E-state index in [9.17, 15) is 19.1 Å². The van der Waals surface area contributed by atoms with Gasteiger partial charge in [0.1, 0.15) is 16.6 Å². The van der Waals surface area contributed by atoms with Crippen molar-refractivity contribution in [1.29, 1.82) is 0 Å². The number of carboxylic acids is 1. The lowest BCUT2D eigenvalue weighted by Gasteiger charge is -2.17. The van der Waals surface area contributed by atoms with E-state index in [1.165, 1.54) is 17.4 Å². The number of carboxylic acid groups (broad SMARTS) is 1. The van der Waals surface area contributed by atoms with Crippen molar-refractivity contribution in [2.75, 3.05) is 0 Å². The number of nitrogens with zero attached hydrogens (tertiary/aromatic N) is 1. The van der Waals surface area contributed by atoms with Gasteiger partial charge in [0.2, 0.25) is 0 Å². The van der Waals surface area contributed by atoms with Gasteiger partial charge in [-0.25, -0.2) is 9.37 Å². The Kier molecular flexibility index (Phi) is 6.20. The second-order valence-corrected chi connectivity index (χ2v) is 6.73. The van der Waals surface area contributed by atoms with E-state index in [-0.39, 0.29) is 30.4 Å². The van der Waals surface area contributed by atoms with Crippen LogP contribution in [0.1, 0.15) is 32.4 Å². The Hall–Kier alpha value is -2.08. The zero-order valence-electron chi connectivity index (χ0n) is 13.7. The van der Waals surface area contributed by atoms with Gasteiger partial charge in [-0.15, -0.1) is 11.3 Å². The summed E-state index contributed by atoms with van der Waals surface area (Å²) in [6.07, 6.45) is 0.778. The molecule has 0 aliphatic rings. The highest BCUT2D eigenvalue weighted by Gasteiger charge is 2.26. The van der Waals surface area contributed by atoms with Crippen molar-refractivity contribution in [1.82, 2.24) is 4.98 Å². The SMILES string of the molecule is CC[C@H](C)[C@H](CC(=O)Cc1csc(-c2ccccc2F)n1)C(=O)O. The van der Waals surface area contributed by atoms with Crippen molar-refractivity contribution in [3.05, 3.63) is 41.2 Å². The van der Waals surface area contributed by atoms with Gasteiger partial charge >= 0.3 is 5.97 Å². The van der Waals surface area contributed by atoms with Crippen LogP contribution in [0, 0.1) is 17.7 Å². The minimum atomic E-state index is -0.942. The maximum absolute atomic E-state index is 13.8. The molecule has 0 aliphatic carbocycles. The maximum atomic E-state index is 13.8.